The number of hydrogen-bond acceptors (Lipinski definition) is 4. The summed E-state index contributed by atoms with van der Waals surface area (Å²) in [6.45, 7) is 9.26. The van der Waals surface area contributed by atoms with E-state index in [1.165, 1.54) is 0 Å². The number of hydrogen-bond donors (Lipinski definition) is 0. The molecule has 0 aromatic carbocycles. The lowest BCUT2D eigenvalue weighted by atomic mass is 9.89. The van der Waals surface area contributed by atoms with Crippen LogP contribution in [0.25, 0.3) is 0 Å². The van der Waals surface area contributed by atoms with Crippen molar-refractivity contribution in [2.45, 2.75) is 46.5 Å². The zero-order chi connectivity index (χ0) is 14.3. The van der Waals surface area contributed by atoms with Crippen LogP contribution in [0.3, 0.4) is 0 Å². The molecule has 1 aliphatic rings. The largest absolute Gasteiger partial charge is 0.466 e. The van der Waals surface area contributed by atoms with Crippen molar-refractivity contribution in [3.05, 3.63) is 0 Å². The molecule has 108 valence electrons. The third-order valence-corrected chi connectivity index (χ3v) is 3.79. The van der Waals surface area contributed by atoms with E-state index in [0.717, 1.165) is 45.3 Å². The molecule has 1 saturated heterocycles. The summed E-state index contributed by atoms with van der Waals surface area (Å²) in [6, 6.07) is 2.34. The fraction of sp³-hybridized carbons (Fsp3) is 0.867. The number of piperidine rings is 1. The topological polar surface area (TPSA) is 53.3 Å². The number of nitriles is 1. The molecule has 1 fully saturated rings. The lowest BCUT2D eigenvalue weighted by molar-refractivity contribution is -0.149. The number of likely N-dealkylation sites (tertiary alicyclic amines) is 1. The highest BCUT2D eigenvalue weighted by Crippen LogP contribution is 2.23. The van der Waals surface area contributed by atoms with Gasteiger partial charge in [-0.2, -0.15) is 5.26 Å². The maximum absolute atomic E-state index is 11.6. The maximum atomic E-state index is 11.6. The average molecular weight is 266 g/mol. The Balaban J connectivity index is 2.20. The van der Waals surface area contributed by atoms with Gasteiger partial charge < -0.3 is 9.64 Å². The van der Waals surface area contributed by atoms with E-state index in [4.69, 9.17) is 10.00 Å². The number of rotatable bonds is 6. The van der Waals surface area contributed by atoms with Crippen LogP contribution in [0.1, 0.15) is 46.5 Å². The van der Waals surface area contributed by atoms with Crippen molar-refractivity contribution in [1.29, 1.82) is 5.26 Å². The minimum Gasteiger partial charge on any atom is -0.466 e. The first-order chi connectivity index (χ1) is 8.98. The van der Waals surface area contributed by atoms with Crippen LogP contribution < -0.4 is 0 Å². The van der Waals surface area contributed by atoms with Gasteiger partial charge in [-0.3, -0.25) is 4.79 Å². The standard InChI is InChI=1S/C15H26N2O2/c1-4-19-14(18)13-6-10-17(11-7-13)9-5-8-15(2,3)12-16/h13H,4-11H2,1-3H3. The molecule has 0 aliphatic carbocycles. The van der Waals surface area contributed by atoms with Gasteiger partial charge in [-0.05, 0) is 66.1 Å². The van der Waals surface area contributed by atoms with Crippen molar-refractivity contribution in [2.75, 3.05) is 26.2 Å². The number of ether oxygens (including phenoxy) is 1. The Morgan fingerprint density at radius 3 is 2.58 bits per heavy atom. The third-order valence-electron chi connectivity index (χ3n) is 3.79. The van der Waals surface area contributed by atoms with E-state index < -0.39 is 0 Å². The summed E-state index contributed by atoms with van der Waals surface area (Å²) in [5.74, 6) is 0.0551. The first-order valence-electron chi connectivity index (χ1n) is 7.29. The van der Waals surface area contributed by atoms with Gasteiger partial charge in [0, 0.05) is 0 Å². The van der Waals surface area contributed by atoms with E-state index in [9.17, 15) is 4.79 Å². The molecule has 0 radical (unpaired) electrons. The van der Waals surface area contributed by atoms with E-state index in [-0.39, 0.29) is 17.3 Å². The minimum absolute atomic E-state index is 0.0345. The predicted molar refractivity (Wildman–Crippen MR) is 74.4 cm³/mol. The molecule has 0 N–H and O–H groups in total. The van der Waals surface area contributed by atoms with Crippen LogP contribution in [0.5, 0.6) is 0 Å². The van der Waals surface area contributed by atoms with Gasteiger partial charge in [0.15, 0.2) is 0 Å². The highest BCUT2D eigenvalue weighted by atomic mass is 16.5. The maximum Gasteiger partial charge on any atom is 0.309 e. The van der Waals surface area contributed by atoms with Crippen LogP contribution in [-0.2, 0) is 9.53 Å². The molecule has 1 aliphatic heterocycles. The Hall–Kier alpha value is -1.08. The van der Waals surface area contributed by atoms with Gasteiger partial charge >= 0.3 is 5.97 Å². The van der Waals surface area contributed by atoms with Crippen molar-refractivity contribution in [3.63, 3.8) is 0 Å². The zero-order valence-corrected chi connectivity index (χ0v) is 12.4. The smallest absolute Gasteiger partial charge is 0.309 e. The molecule has 4 heteroatoms. The van der Waals surface area contributed by atoms with Crippen LogP contribution >= 0.6 is 0 Å². The van der Waals surface area contributed by atoms with Gasteiger partial charge in [-0.1, -0.05) is 0 Å². The van der Waals surface area contributed by atoms with E-state index in [1.54, 1.807) is 0 Å². The summed E-state index contributed by atoms with van der Waals surface area (Å²) in [6.07, 6.45) is 3.78. The third kappa shape index (κ3) is 5.61. The normalized spacial score (nSPS) is 18.0. The first kappa shape index (κ1) is 16.0. The van der Waals surface area contributed by atoms with Crippen molar-refractivity contribution in [1.82, 2.24) is 4.90 Å². The van der Waals surface area contributed by atoms with Gasteiger partial charge in [0.1, 0.15) is 0 Å². The van der Waals surface area contributed by atoms with Crippen molar-refractivity contribution < 1.29 is 9.53 Å². The molecule has 4 nitrogen and oxygen atoms in total. The van der Waals surface area contributed by atoms with Crippen LogP contribution in [0, 0.1) is 22.7 Å². The van der Waals surface area contributed by atoms with Gasteiger partial charge in [0.25, 0.3) is 0 Å². The highest BCUT2D eigenvalue weighted by molar-refractivity contribution is 5.72. The summed E-state index contributed by atoms with van der Waals surface area (Å²) >= 11 is 0. The van der Waals surface area contributed by atoms with Crippen molar-refractivity contribution in [3.8, 4) is 6.07 Å². The van der Waals surface area contributed by atoms with Crippen LogP contribution in [0.4, 0.5) is 0 Å². The molecule has 0 aromatic rings. The Labute approximate surface area is 116 Å². The van der Waals surface area contributed by atoms with Gasteiger partial charge in [0.2, 0.25) is 0 Å². The van der Waals surface area contributed by atoms with E-state index in [1.807, 2.05) is 20.8 Å². The molecule has 19 heavy (non-hydrogen) atoms. The summed E-state index contributed by atoms with van der Waals surface area (Å²) in [4.78, 5) is 14.0. The molecule has 0 saturated carbocycles. The van der Waals surface area contributed by atoms with E-state index in [0.29, 0.717) is 6.61 Å². The van der Waals surface area contributed by atoms with Crippen LogP contribution in [0.2, 0.25) is 0 Å². The Bertz CT molecular complexity index is 326. The predicted octanol–water partition coefficient (Wildman–Crippen LogP) is 2.59. The number of nitrogens with zero attached hydrogens (tertiary/aromatic N) is 2. The summed E-state index contributed by atoms with van der Waals surface area (Å²) in [5.41, 5.74) is -0.219. The average Bonchev–Trinajstić information content (AvgIpc) is 2.39. The molecule has 0 atom stereocenters. The number of carbonyl (C=O) groups excluding carboxylic acids is 1. The summed E-state index contributed by atoms with van der Waals surface area (Å²) < 4.78 is 5.06. The fourth-order valence-corrected chi connectivity index (χ4v) is 2.45. The van der Waals surface area contributed by atoms with E-state index in [2.05, 4.69) is 11.0 Å². The van der Waals surface area contributed by atoms with Gasteiger partial charge in [-0.15, -0.1) is 0 Å². The van der Waals surface area contributed by atoms with Crippen molar-refractivity contribution >= 4 is 5.97 Å². The fourth-order valence-electron chi connectivity index (χ4n) is 2.45. The second kappa shape index (κ2) is 7.49. The molecular formula is C15H26N2O2. The molecule has 0 amide bonds. The van der Waals surface area contributed by atoms with Crippen molar-refractivity contribution in [2.24, 2.45) is 11.3 Å². The van der Waals surface area contributed by atoms with Gasteiger partial charge in [-0.25, -0.2) is 0 Å². The molecule has 1 rings (SSSR count). The lowest BCUT2D eigenvalue weighted by Gasteiger charge is -2.31. The summed E-state index contributed by atoms with van der Waals surface area (Å²) in [7, 11) is 0. The summed E-state index contributed by atoms with van der Waals surface area (Å²) in [5, 5.41) is 8.96. The molecule has 0 bridgehead atoms. The van der Waals surface area contributed by atoms with Gasteiger partial charge in [0.05, 0.1) is 24.0 Å². The minimum atomic E-state index is -0.219. The number of carbonyl (C=O) groups is 1. The number of esters is 1. The molecular weight excluding hydrogens is 240 g/mol. The lowest BCUT2D eigenvalue weighted by Crippen LogP contribution is -2.37. The SMILES string of the molecule is CCOC(=O)C1CCN(CCCC(C)(C)C#N)CC1. The molecule has 0 spiro atoms. The quantitative estimate of drug-likeness (QED) is 0.693. The Morgan fingerprint density at radius 2 is 2.05 bits per heavy atom. The second-order valence-corrected chi connectivity index (χ2v) is 5.97. The molecule has 0 aromatic heterocycles. The Kier molecular flexibility index (Phi) is 6.30. The highest BCUT2D eigenvalue weighted by Gasteiger charge is 2.26. The molecule has 0 unspecified atom stereocenters. The molecule has 1 heterocycles. The monoisotopic (exact) mass is 266 g/mol. The Morgan fingerprint density at radius 1 is 1.42 bits per heavy atom. The van der Waals surface area contributed by atoms with Crippen LogP contribution in [0.15, 0.2) is 0 Å². The first-order valence-corrected chi connectivity index (χ1v) is 7.29. The second-order valence-electron chi connectivity index (χ2n) is 5.97. The van der Waals surface area contributed by atoms with Crippen LogP contribution in [-0.4, -0.2) is 37.1 Å². The zero-order valence-electron chi connectivity index (χ0n) is 12.4. The van der Waals surface area contributed by atoms with E-state index >= 15 is 0 Å².